The summed E-state index contributed by atoms with van der Waals surface area (Å²) >= 11 is 1.86. The molecular formula is C56H35N3S. The molecule has 12 rings (SSSR count). The minimum absolute atomic E-state index is 0.439. The molecule has 0 N–H and O–H groups in total. The minimum atomic E-state index is -0.439. The van der Waals surface area contributed by atoms with E-state index in [-0.39, 0.29) is 0 Å². The summed E-state index contributed by atoms with van der Waals surface area (Å²) in [4.78, 5) is 15.5. The highest BCUT2D eigenvalue weighted by molar-refractivity contribution is 7.25. The van der Waals surface area contributed by atoms with Crippen molar-refractivity contribution in [3.8, 4) is 56.4 Å². The van der Waals surface area contributed by atoms with Crippen LogP contribution in [-0.4, -0.2) is 15.0 Å². The molecule has 0 saturated heterocycles. The van der Waals surface area contributed by atoms with E-state index >= 15 is 0 Å². The largest absolute Gasteiger partial charge is 0.208 e. The molecule has 4 heteroatoms. The van der Waals surface area contributed by atoms with Crippen molar-refractivity contribution >= 4 is 42.3 Å². The van der Waals surface area contributed by atoms with Gasteiger partial charge in [-0.2, -0.15) is 0 Å². The Kier molecular flexibility index (Phi) is 7.94. The van der Waals surface area contributed by atoms with Crippen molar-refractivity contribution in [1.29, 1.82) is 0 Å². The number of hydrogen-bond acceptors (Lipinski definition) is 4. The van der Waals surface area contributed by atoms with E-state index in [1.54, 1.807) is 0 Å². The Bertz CT molecular complexity index is 3330. The lowest BCUT2D eigenvalue weighted by Crippen LogP contribution is -2.28. The predicted molar refractivity (Wildman–Crippen MR) is 249 cm³/mol. The quantitative estimate of drug-likeness (QED) is 0.169. The Morgan fingerprint density at radius 2 is 0.867 bits per heavy atom. The first-order chi connectivity index (χ1) is 29.7. The topological polar surface area (TPSA) is 38.7 Å². The highest BCUT2D eigenvalue weighted by Crippen LogP contribution is 2.56. The third-order valence-electron chi connectivity index (χ3n) is 12.2. The van der Waals surface area contributed by atoms with Crippen LogP contribution >= 0.6 is 11.3 Å². The van der Waals surface area contributed by atoms with Crippen LogP contribution in [0.25, 0.3) is 87.4 Å². The molecule has 0 saturated carbocycles. The molecule has 3 nitrogen and oxygen atoms in total. The molecule has 0 spiro atoms. The molecule has 0 atom stereocenters. The van der Waals surface area contributed by atoms with Crippen molar-refractivity contribution in [3.05, 3.63) is 235 Å². The monoisotopic (exact) mass is 781 g/mol. The van der Waals surface area contributed by atoms with Crippen molar-refractivity contribution in [2.24, 2.45) is 0 Å². The van der Waals surface area contributed by atoms with Gasteiger partial charge in [0.05, 0.1) is 5.41 Å². The van der Waals surface area contributed by atoms with Crippen LogP contribution in [0.2, 0.25) is 0 Å². The molecule has 280 valence electrons. The zero-order valence-corrected chi connectivity index (χ0v) is 33.3. The summed E-state index contributed by atoms with van der Waals surface area (Å²) in [5.41, 5.74) is 12.5. The van der Waals surface area contributed by atoms with Gasteiger partial charge in [0.15, 0.2) is 17.5 Å². The van der Waals surface area contributed by atoms with Gasteiger partial charge in [0.25, 0.3) is 0 Å². The zero-order valence-electron chi connectivity index (χ0n) is 32.5. The maximum atomic E-state index is 5.22. The Balaban J connectivity index is 1.05. The van der Waals surface area contributed by atoms with E-state index in [0.717, 1.165) is 38.6 Å². The molecule has 9 aromatic carbocycles. The number of fused-ring (bicyclic) bond motifs is 7. The third-order valence-corrected chi connectivity index (χ3v) is 13.3. The van der Waals surface area contributed by atoms with Crippen LogP contribution in [0.1, 0.15) is 22.3 Å². The molecule has 2 aromatic heterocycles. The smallest absolute Gasteiger partial charge is 0.165 e. The van der Waals surface area contributed by atoms with Crippen LogP contribution in [0.3, 0.4) is 0 Å². The van der Waals surface area contributed by atoms with E-state index in [9.17, 15) is 0 Å². The van der Waals surface area contributed by atoms with Crippen LogP contribution in [0.5, 0.6) is 0 Å². The Hall–Kier alpha value is -7.53. The normalized spacial score (nSPS) is 12.8. The van der Waals surface area contributed by atoms with Gasteiger partial charge >= 0.3 is 0 Å². The predicted octanol–water partition coefficient (Wildman–Crippen LogP) is 14.4. The molecule has 60 heavy (non-hydrogen) atoms. The molecule has 11 aromatic rings. The second-order valence-electron chi connectivity index (χ2n) is 15.5. The second kappa shape index (κ2) is 13.8. The minimum Gasteiger partial charge on any atom is -0.208 e. The molecule has 2 heterocycles. The molecule has 0 fully saturated rings. The number of nitrogens with zero attached hydrogens (tertiary/aromatic N) is 3. The number of thiophene rings is 1. The van der Waals surface area contributed by atoms with Crippen molar-refractivity contribution in [2.75, 3.05) is 0 Å². The Morgan fingerprint density at radius 3 is 1.53 bits per heavy atom. The summed E-state index contributed by atoms with van der Waals surface area (Å²) in [7, 11) is 0. The van der Waals surface area contributed by atoms with Gasteiger partial charge < -0.3 is 0 Å². The van der Waals surface area contributed by atoms with Gasteiger partial charge in [0.2, 0.25) is 0 Å². The van der Waals surface area contributed by atoms with E-state index in [2.05, 4.69) is 176 Å². The van der Waals surface area contributed by atoms with Gasteiger partial charge in [-0.05, 0) is 67.4 Å². The molecule has 0 radical (unpaired) electrons. The summed E-state index contributed by atoms with van der Waals surface area (Å²) in [6.07, 6.45) is 0. The standard InChI is InChI=1S/C56H35N3S/c1-4-17-37(18-5-1)53-57-54(38-19-6-2-7-20-38)59-55(58-53)52-42-23-11-10-16-36(42)28-31-43(52)39-29-32-46-47-33-30-41(35-51(47)60-50(46)34-39)56(40-21-8-3-9-22-40)48-26-14-12-24-44(48)45-25-13-15-27-49(45)56/h1-35H. The molecule has 1 aliphatic rings. The van der Waals surface area contributed by atoms with E-state index in [1.807, 2.05) is 47.7 Å². The SMILES string of the molecule is c1ccc(-c2nc(-c3ccccc3)nc(-c3c(-c4ccc5c(c4)sc4cc(C6(c7ccccc7)c7ccccc7-c7ccccc76)ccc45)ccc4ccccc34)n2)cc1. The lowest BCUT2D eigenvalue weighted by atomic mass is 9.67. The molecule has 0 bridgehead atoms. The van der Waals surface area contributed by atoms with Gasteiger partial charge in [0, 0.05) is 36.9 Å². The summed E-state index contributed by atoms with van der Waals surface area (Å²) in [6, 6.07) is 76.4. The summed E-state index contributed by atoms with van der Waals surface area (Å²) in [5.74, 6) is 1.95. The number of hydrogen-bond donors (Lipinski definition) is 0. The maximum absolute atomic E-state index is 5.22. The fourth-order valence-electron chi connectivity index (χ4n) is 9.56. The fraction of sp³-hybridized carbons (Fsp3) is 0.0179. The zero-order chi connectivity index (χ0) is 39.6. The van der Waals surface area contributed by atoms with Gasteiger partial charge in [-0.25, -0.2) is 15.0 Å². The molecule has 0 amide bonds. The van der Waals surface area contributed by atoms with E-state index in [0.29, 0.717) is 17.5 Å². The van der Waals surface area contributed by atoms with Gasteiger partial charge in [-0.3, -0.25) is 0 Å². The Morgan fingerprint density at radius 1 is 0.333 bits per heavy atom. The van der Waals surface area contributed by atoms with Gasteiger partial charge in [0.1, 0.15) is 0 Å². The van der Waals surface area contributed by atoms with Crippen molar-refractivity contribution < 1.29 is 0 Å². The highest BCUT2D eigenvalue weighted by atomic mass is 32.1. The first-order valence-electron chi connectivity index (χ1n) is 20.4. The van der Waals surface area contributed by atoms with Crippen molar-refractivity contribution in [1.82, 2.24) is 15.0 Å². The molecule has 0 unspecified atom stereocenters. The van der Waals surface area contributed by atoms with Crippen molar-refractivity contribution in [2.45, 2.75) is 5.41 Å². The lowest BCUT2D eigenvalue weighted by Gasteiger charge is -2.33. The summed E-state index contributed by atoms with van der Waals surface area (Å²) in [6.45, 7) is 0. The first-order valence-corrected chi connectivity index (χ1v) is 21.2. The Labute approximate surface area is 352 Å². The molecule has 0 aliphatic heterocycles. The summed E-state index contributed by atoms with van der Waals surface area (Å²) in [5, 5.41) is 4.76. The second-order valence-corrected chi connectivity index (χ2v) is 16.6. The number of rotatable bonds is 6. The molecule has 1 aliphatic carbocycles. The molecular weight excluding hydrogens is 747 g/mol. The number of benzene rings is 9. The van der Waals surface area contributed by atoms with Crippen LogP contribution in [0.15, 0.2) is 212 Å². The van der Waals surface area contributed by atoms with E-state index in [1.165, 1.54) is 53.6 Å². The summed E-state index contributed by atoms with van der Waals surface area (Å²) < 4.78 is 2.51. The number of aromatic nitrogens is 3. The van der Waals surface area contributed by atoms with Crippen LogP contribution in [0, 0.1) is 0 Å². The maximum Gasteiger partial charge on any atom is 0.165 e. The lowest BCUT2D eigenvalue weighted by molar-refractivity contribution is 0.770. The average molecular weight is 782 g/mol. The van der Waals surface area contributed by atoms with Gasteiger partial charge in [-0.1, -0.05) is 200 Å². The van der Waals surface area contributed by atoms with E-state index in [4.69, 9.17) is 15.0 Å². The van der Waals surface area contributed by atoms with Crippen molar-refractivity contribution in [3.63, 3.8) is 0 Å². The first kappa shape index (κ1) is 34.5. The fourth-order valence-corrected chi connectivity index (χ4v) is 10.7. The van der Waals surface area contributed by atoms with Crippen LogP contribution < -0.4 is 0 Å². The average Bonchev–Trinajstić information content (AvgIpc) is 3.85. The highest BCUT2D eigenvalue weighted by Gasteiger charge is 2.46. The van der Waals surface area contributed by atoms with E-state index < -0.39 is 5.41 Å². The van der Waals surface area contributed by atoms with Gasteiger partial charge in [-0.15, -0.1) is 11.3 Å². The van der Waals surface area contributed by atoms with Crippen LogP contribution in [-0.2, 0) is 5.41 Å². The van der Waals surface area contributed by atoms with Crippen LogP contribution in [0.4, 0.5) is 0 Å². The third kappa shape index (κ3) is 5.31.